The zero-order valence-electron chi connectivity index (χ0n) is 22.9. The summed E-state index contributed by atoms with van der Waals surface area (Å²) in [5.74, 6) is -0.325. The van der Waals surface area contributed by atoms with Gasteiger partial charge >= 0.3 is 13.7 Å². The molecule has 15 heteroatoms. The summed E-state index contributed by atoms with van der Waals surface area (Å²) >= 11 is 0. The number of imidazole rings is 1. The summed E-state index contributed by atoms with van der Waals surface area (Å²) in [6, 6.07) is 11.4. The third kappa shape index (κ3) is 6.99. The average Bonchev–Trinajstić information content (AvgIpc) is 3.37. The summed E-state index contributed by atoms with van der Waals surface area (Å²) in [6.07, 6.45) is -2.85. The van der Waals surface area contributed by atoms with Crippen molar-refractivity contribution in [3.05, 3.63) is 55.1 Å². The number of carbonyl (C=O) groups excluding carboxylic acids is 1. The maximum atomic E-state index is 14.2. The van der Waals surface area contributed by atoms with Crippen LogP contribution in [0.15, 0.2) is 55.1 Å². The van der Waals surface area contributed by atoms with Crippen molar-refractivity contribution in [2.45, 2.75) is 58.5 Å². The number of aromatic nitrogens is 4. The van der Waals surface area contributed by atoms with E-state index in [0.29, 0.717) is 5.39 Å². The Labute approximate surface area is 236 Å². The van der Waals surface area contributed by atoms with Gasteiger partial charge in [-0.1, -0.05) is 36.4 Å². The molecule has 14 nitrogen and oxygen atoms in total. The van der Waals surface area contributed by atoms with Crippen molar-refractivity contribution in [2.24, 2.45) is 0 Å². The average molecular weight is 589 g/mol. The molecule has 0 bridgehead atoms. The first-order valence-electron chi connectivity index (χ1n) is 12.9. The van der Waals surface area contributed by atoms with E-state index in [2.05, 4.69) is 20.0 Å². The van der Waals surface area contributed by atoms with Crippen molar-refractivity contribution in [3.63, 3.8) is 0 Å². The number of nitrogens with one attached hydrogen (secondary N) is 1. The topological polar surface area (TPSA) is 193 Å². The molecule has 2 aromatic heterocycles. The van der Waals surface area contributed by atoms with Gasteiger partial charge in [-0.05, 0) is 39.1 Å². The van der Waals surface area contributed by atoms with Crippen LogP contribution in [-0.2, 0) is 23.4 Å². The third-order valence-electron chi connectivity index (χ3n) is 6.11. The molecule has 0 radical (unpaired) electrons. The molecule has 0 spiro atoms. The van der Waals surface area contributed by atoms with Gasteiger partial charge in [-0.2, -0.15) is 5.09 Å². The minimum Gasteiger partial charge on any atom is -0.465 e. The van der Waals surface area contributed by atoms with Crippen LogP contribution in [0, 0.1) is 0 Å². The number of ether oxygens (including phenoxy) is 2. The number of nitrogen functional groups attached to an aromatic ring is 1. The zero-order chi connectivity index (χ0) is 29.7. The van der Waals surface area contributed by atoms with Crippen molar-refractivity contribution in [1.29, 1.82) is 0 Å². The number of fused-ring (bicyclic) bond motifs is 2. The number of benzene rings is 2. The highest BCUT2D eigenvalue weighted by molar-refractivity contribution is 7.52. The summed E-state index contributed by atoms with van der Waals surface area (Å²) < 4.78 is 38.0. The second kappa shape index (κ2) is 12.9. The second-order valence-electron chi connectivity index (χ2n) is 9.23. The van der Waals surface area contributed by atoms with Gasteiger partial charge in [-0.25, -0.2) is 19.5 Å². The van der Waals surface area contributed by atoms with Gasteiger partial charge in [-0.3, -0.25) is 13.9 Å². The fourth-order valence-electron chi connectivity index (χ4n) is 4.17. The zero-order valence-corrected chi connectivity index (χ0v) is 23.8. The molecule has 0 saturated heterocycles. The van der Waals surface area contributed by atoms with E-state index in [1.165, 1.54) is 38.0 Å². The van der Waals surface area contributed by atoms with E-state index in [-0.39, 0.29) is 29.3 Å². The number of nitrogens with two attached hydrogens (primary N) is 1. The number of rotatable bonds is 13. The van der Waals surface area contributed by atoms with Crippen LogP contribution in [0.4, 0.5) is 5.82 Å². The number of nitrogens with zero attached hydrogens (tertiary/aromatic N) is 4. The van der Waals surface area contributed by atoms with Crippen LogP contribution in [0.2, 0.25) is 0 Å². The summed E-state index contributed by atoms with van der Waals surface area (Å²) in [5, 5.41) is 25.5. The molecule has 2 heterocycles. The lowest BCUT2D eigenvalue weighted by atomic mass is 10.1. The Kier molecular flexibility index (Phi) is 9.53. The Morgan fingerprint density at radius 3 is 2.56 bits per heavy atom. The fourth-order valence-corrected chi connectivity index (χ4v) is 5.89. The number of carbonyl (C=O) groups is 1. The Hall–Kier alpha value is -3.65. The summed E-state index contributed by atoms with van der Waals surface area (Å²) in [6.45, 7) is 6.11. The lowest BCUT2D eigenvalue weighted by Crippen LogP contribution is -2.42. The van der Waals surface area contributed by atoms with Crippen LogP contribution in [0.5, 0.6) is 5.75 Å². The fraction of sp³-hybridized carbons (Fsp3) is 0.385. The molecule has 41 heavy (non-hydrogen) atoms. The maximum absolute atomic E-state index is 14.2. The molecule has 220 valence electrons. The van der Waals surface area contributed by atoms with Crippen molar-refractivity contribution in [3.8, 4) is 5.75 Å². The third-order valence-corrected chi connectivity index (χ3v) is 7.86. The lowest BCUT2D eigenvalue weighted by Gasteiger charge is -2.32. The van der Waals surface area contributed by atoms with E-state index in [1.807, 2.05) is 18.2 Å². The number of aliphatic hydroxyl groups excluding tert-OH is 2. The van der Waals surface area contributed by atoms with Crippen LogP contribution in [0.1, 0.15) is 34.1 Å². The molecular weight excluding hydrogens is 555 g/mol. The van der Waals surface area contributed by atoms with E-state index in [1.54, 1.807) is 31.2 Å². The lowest BCUT2D eigenvalue weighted by molar-refractivity contribution is -0.221. The number of hydrogen-bond donors (Lipinski definition) is 4. The van der Waals surface area contributed by atoms with Crippen LogP contribution >= 0.6 is 7.75 Å². The van der Waals surface area contributed by atoms with E-state index in [9.17, 15) is 19.6 Å². The molecule has 4 rings (SSSR count). The highest BCUT2D eigenvalue weighted by atomic mass is 31.2. The van der Waals surface area contributed by atoms with Crippen molar-refractivity contribution < 1.29 is 38.1 Å². The van der Waals surface area contributed by atoms with Crippen LogP contribution in [0.3, 0.4) is 0 Å². The van der Waals surface area contributed by atoms with Gasteiger partial charge < -0.3 is 29.9 Å². The minimum atomic E-state index is -4.36. The molecule has 0 saturated carbocycles. The Bertz CT molecular complexity index is 1540. The summed E-state index contributed by atoms with van der Waals surface area (Å²) in [5.41, 5.74) is 6.26. The van der Waals surface area contributed by atoms with Crippen molar-refractivity contribution in [2.75, 3.05) is 12.3 Å². The molecular formula is C26H33N6O8P. The molecule has 0 aliphatic heterocycles. The van der Waals surface area contributed by atoms with Gasteiger partial charge in [-0.15, -0.1) is 0 Å². The van der Waals surface area contributed by atoms with E-state index < -0.39 is 44.5 Å². The van der Waals surface area contributed by atoms with Gasteiger partial charge in [0, 0.05) is 5.39 Å². The summed E-state index contributed by atoms with van der Waals surface area (Å²) in [4.78, 5) is 24.4. The van der Waals surface area contributed by atoms with E-state index in [4.69, 9.17) is 24.3 Å². The molecule has 4 aromatic rings. The van der Waals surface area contributed by atoms with E-state index >= 15 is 0 Å². The molecule has 0 fully saturated rings. The van der Waals surface area contributed by atoms with Gasteiger partial charge in [0.2, 0.25) is 6.41 Å². The maximum Gasteiger partial charge on any atom is 0.459 e. The van der Waals surface area contributed by atoms with Crippen LogP contribution < -0.4 is 15.3 Å². The van der Waals surface area contributed by atoms with Gasteiger partial charge in [0.05, 0.1) is 18.8 Å². The smallest absolute Gasteiger partial charge is 0.459 e. The highest BCUT2D eigenvalue weighted by Gasteiger charge is 2.39. The number of hydrogen-bond acceptors (Lipinski definition) is 12. The van der Waals surface area contributed by atoms with Gasteiger partial charge in [0.25, 0.3) is 0 Å². The normalized spacial score (nSPS) is 16.9. The predicted molar refractivity (Wildman–Crippen MR) is 150 cm³/mol. The monoisotopic (exact) mass is 588 g/mol. The van der Waals surface area contributed by atoms with Crippen molar-refractivity contribution >= 4 is 41.5 Å². The first kappa shape index (κ1) is 30.3. The Morgan fingerprint density at radius 2 is 1.83 bits per heavy atom. The van der Waals surface area contributed by atoms with Crippen LogP contribution in [0.25, 0.3) is 21.9 Å². The van der Waals surface area contributed by atoms with Gasteiger partial charge in [0.15, 0.2) is 11.5 Å². The van der Waals surface area contributed by atoms with Crippen LogP contribution in [-0.4, -0.2) is 66.7 Å². The number of aliphatic hydroxyl groups is 2. The molecule has 0 aliphatic carbocycles. The molecule has 0 amide bonds. The molecule has 5 N–H and O–H groups in total. The minimum absolute atomic E-state index is 0.109. The SMILES string of the molecule is CCOC(=O)C(C)NP(=O)(Oc1cccc2ccccc12)OC(C)[C@@H](OC(O)n1cnc2c(N)ncnc21)C(C)O. The summed E-state index contributed by atoms with van der Waals surface area (Å²) in [7, 11) is -4.36. The molecule has 6 atom stereocenters. The Morgan fingerprint density at radius 1 is 1.10 bits per heavy atom. The predicted octanol–water partition coefficient (Wildman–Crippen LogP) is 2.91. The Balaban J connectivity index is 1.61. The first-order chi connectivity index (χ1) is 19.5. The molecule has 2 aromatic carbocycles. The number of anilines is 1. The van der Waals surface area contributed by atoms with E-state index in [0.717, 1.165) is 5.39 Å². The first-order valence-corrected chi connectivity index (χ1v) is 14.4. The second-order valence-corrected chi connectivity index (χ2v) is 10.9. The van der Waals surface area contributed by atoms with Crippen molar-refractivity contribution in [1.82, 2.24) is 24.6 Å². The quantitative estimate of drug-likeness (QED) is 0.101. The standard InChI is InChI=1S/C26H33N6O8P/c1-5-37-25(34)15(2)31-41(36,40-20-12-8-10-18-9-6-7-11-19(18)20)39-17(4)22(16(3)33)38-26(35)32-14-30-21-23(27)28-13-29-24(21)32/h6-17,22,26,33,35H,5H2,1-4H3,(H,31,36)(H2,27,28,29)/t15?,16?,17?,22-,26?,41?/m0/s1. The molecule has 5 unspecified atom stereocenters. The largest absolute Gasteiger partial charge is 0.465 e. The van der Waals surface area contributed by atoms with Gasteiger partial charge in [0.1, 0.15) is 36.1 Å². The highest BCUT2D eigenvalue weighted by Crippen LogP contribution is 2.48. The molecule has 0 aliphatic rings. The number of esters is 1.